The highest BCUT2D eigenvalue weighted by Crippen LogP contribution is 2.30. The SMILES string of the molecule is C\C=C/C=C\C=C(/C)c1ccc2cc(-c3nc(-c4ccc(C)c(/C=C\CC5=CC=CC=CC5)c4)nc(-c4ccc(/C=C\C)c(CC)c4)n3)ccc2c1. The quantitative estimate of drug-likeness (QED) is 0.131. The first-order valence-corrected chi connectivity index (χ1v) is 18.3. The van der Waals surface area contributed by atoms with Crippen molar-refractivity contribution in [2.75, 3.05) is 0 Å². The van der Waals surface area contributed by atoms with Crippen LogP contribution in [0.5, 0.6) is 0 Å². The van der Waals surface area contributed by atoms with E-state index in [2.05, 4.69) is 173 Å². The van der Waals surface area contributed by atoms with Crippen LogP contribution in [0, 0.1) is 6.92 Å². The molecule has 4 aromatic carbocycles. The molecule has 1 aliphatic carbocycles. The molecule has 0 aliphatic heterocycles. The van der Waals surface area contributed by atoms with E-state index in [0.717, 1.165) is 46.9 Å². The highest BCUT2D eigenvalue weighted by molar-refractivity contribution is 5.89. The molecule has 0 atom stereocenters. The molecule has 1 aliphatic rings. The minimum absolute atomic E-state index is 0.658. The number of fused-ring (bicyclic) bond motifs is 1. The number of nitrogens with zero attached hydrogens (tertiary/aromatic N) is 3. The summed E-state index contributed by atoms with van der Waals surface area (Å²) in [5, 5.41) is 2.32. The standard InChI is InChI=1S/C49H47N3/c1-6-9-10-13-18-35(4)41-26-27-43-34-46(30-28-42(43)32-41)49-51-47(50-48(52-49)45-29-25-39(17-7-2)38(8-3)31-45)44-24-23-36(5)40(33-44)22-16-21-37-19-14-11-12-15-20-37/h6-7,9-19,22-34H,8,20-21H2,1-5H3/b9-6-,13-10-,17-7-,22-16-,35-18+. The Labute approximate surface area is 309 Å². The number of rotatable bonds is 11. The minimum Gasteiger partial charge on any atom is -0.208 e. The average Bonchev–Trinajstić information content (AvgIpc) is 3.46. The summed E-state index contributed by atoms with van der Waals surface area (Å²) in [5.74, 6) is 1.99. The van der Waals surface area contributed by atoms with Crippen LogP contribution in [0.4, 0.5) is 0 Å². The summed E-state index contributed by atoms with van der Waals surface area (Å²) in [4.78, 5) is 15.3. The van der Waals surface area contributed by atoms with Crippen molar-refractivity contribution >= 4 is 28.5 Å². The van der Waals surface area contributed by atoms with E-state index < -0.39 is 0 Å². The molecule has 1 heterocycles. The first-order chi connectivity index (χ1) is 25.4. The van der Waals surface area contributed by atoms with Crippen molar-refractivity contribution in [3.63, 3.8) is 0 Å². The summed E-state index contributed by atoms with van der Waals surface area (Å²) in [6, 6.07) is 26.1. The molecule has 6 rings (SSSR count). The lowest BCUT2D eigenvalue weighted by Gasteiger charge is -2.12. The van der Waals surface area contributed by atoms with Crippen LogP contribution >= 0.6 is 0 Å². The van der Waals surface area contributed by atoms with E-state index in [4.69, 9.17) is 15.0 Å². The molecule has 0 fully saturated rings. The molecular formula is C49H47N3. The van der Waals surface area contributed by atoms with Crippen LogP contribution in [0.25, 0.3) is 62.7 Å². The molecule has 0 N–H and O–H groups in total. The number of hydrogen-bond acceptors (Lipinski definition) is 3. The van der Waals surface area contributed by atoms with Gasteiger partial charge in [0, 0.05) is 16.7 Å². The maximum Gasteiger partial charge on any atom is 0.164 e. The summed E-state index contributed by atoms with van der Waals surface area (Å²) < 4.78 is 0. The highest BCUT2D eigenvalue weighted by Gasteiger charge is 2.15. The summed E-state index contributed by atoms with van der Waals surface area (Å²) in [5.41, 5.74) is 11.6. The Morgan fingerprint density at radius 2 is 1.38 bits per heavy atom. The fraction of sp³-hybridized carbons (Fsp3) is 0.163. The molecule has 0 unspecified atom stereocenters. The van der Waals surface area contributed by atoms with Crippen LogP contribution in [0.15, 0.2) is 151 Å². The summed E-state index contributed by atoms with van der Waals surface area (Å²) in [7, 11) is 0. The topological polar surface area (TPSA) is 38.7 Å². The molecule has 52 heavy (non-hydrogen) atoms. The van der Waals surface area contributed by atoms with Gasteiger partial charge in [-0.15, -0.1) is 0 Å². The van der Waals surface area contributed by atoms with Crippen molar-refractivity contribution < 1.29 is 0 Å². The molecule has 0 saturated heterocycles. The van der Waals surface area contributed by atoms with E-state index >= 15 is 0 Å². The van der Waals surface area contributed by atoms with Crippen molar-refractivity contribution in [3.05, 3.63) is 179 Å². The predicted molar refractivity (Wildman–Crippen MR) is 225 cm³/mol. The van der Waals surface area contributed by atoms with Crippen LogP contribution in [0.1, 0.15) is 68.4 Å². The Bertz CT molecular complexity index is 2320. The Kier molecular flexibility index (Phi) is 12.0. The second-order valence-electron chi connectivity index (χ2n) is 13.1. The van der Waals surface area contributed by atoms with Gasteiger partial charge in [0.25, 0.3) is 0 Å². The molecule has 0 amide bonds. The smallest absolute Gasteiger partial charge is 0.164 e. The average molecular weight is 678 g/mol. The number of hydrogen-bond donors (Lipinski definition) is 0. The third-order valence-corrected chi connectivity index (χ3v) is 9.36. The fourth-order valence-electron chi connectivity index (χ4n) is 6.33. The molecule has 3 heteroatoms. The van der Waals surface area contributed by atoms with Gasteiger partial charge in [-0.3, -0.25) is 0 Å². The Hall–Kier alpha value is -5.93. The predicted octanol–water partition coefficient (Wildman–Crippen LogP) is 13.3. The van der Waals surface area contributed by atoms with Gasteiger partial charge in [0.2, 0.25) is 0 Å². The number of benzene rings is 4. The van der Waals surface area contributed by atoms with E-state index in [1.165, 1.54) is 38.8 Å². The third-order valence-electron chi connectivity index (χ3n) is 9.36. The normalized spacial score (nSPS) is 13.7. The Morgan fingerprint density at radius 1 is 0.673 bits per heavy atom. The summed E-state index contributed by atoms with van der Waals surface area (Å²) in [6.07, 6.45) is 32.6. The number of aryl methyl sites for hydroxylation is 2. The van der Waals surface area contributed by atoms with E-state index in [1.54, 1.807) is 0 Å². The van der Waals surface area contributed by atoms with Gasteiger partial charge >= 0.3 is 0 Å². The third kappa shape index (κ3) is 8.86. The maximum absolute atomic E-state index is 5.12. The first kappa shape index (κ1) is 35.9. The molecule has 258 valence electrons. The van der Waals surface area contributed by atoms with Gasteiger partial charge in [-0.1, -0.05) is 146 Å². The van der Waals surface area contributed by atoms with Crippen molar-refractivity contribution in [1.29, 1.82) is 0 Å². The molecule has 3 nitrogen and oxygen atoms in total. The van der Waals surface area contributed by atoms with Gasteiger partial charge < -0.3 is 0 Å². The molecular weight excluding hydrogens is 631 g/mol. The van der Waals surface area contributed by atoms with Crippen LogP contribution < -0.4 is 0 Å². The first-order valence-electron chi connectivity index (χ1n) is 18.3. The van der Waals surface area contributed by atoms with Gasteiger partial charge in [-0.25, -0.2) is 15.0 Å². The van der Waals surface area contributed by atoms with Crippen molar-refractivity contribution in [3.8, 4) is 34.2 Å². The maximum atomic E-state index is 5.12. The largest absolute Gasteiger partial charge is 0.208 e. The Balaban J connectivity index is 1.41. The molecule has 0 spiro atoms. The van der Waals surface area contributed by atoms with Crippen molar-refractivity contribution in [2.45, 2.75) is 53.9 Å². The summed E-state index contributed by atoms with van der Waals surface area (Å²) >= 11 is 0. The van der Waals surface area contributed by atoms with Crippen LogP contribution in [-0.2, 0) is 6.42 Å². The second kappa shape index (κ2) is 17.3. The lowest BCUT2D eigenvalue weighted by Crippen LogP contribution is -2.01. The van der Waals surface area contributed by atoms with Crippen molar-refractivity contribution in [2.24, 2.45) is 0 Å². The summed E-state index contributed by atoms with van der Waals surface area (Å²) in [6.45, 7) is 10.6. The van der Waals surface area contributed by atoms with Gasteiger partial charge in [0.1, 0.15) is 0 Å². The lowest BCUT2D eigenvalue weighted by atomic mass is 9.99. The minimum atomic E-state index is 0.658. The van der Waals surface area contributed by atoms with Gasteiger partial charge in [-0.05, 0) is 115 Å². The molecule has 0 bridgehead atoms. The van der Waals surface area contributed by atoms with Crippen molar-refractivity contribution in [1.82, 2.24) is 15.0 Å². The van der Waals surface area contributed by atoms with Crippen LogP contribution in [0.2, 0.25) is 0 Å². The van der Waals surface area contributed by atoms with E-state index in [1.807, 2.05) is 19.1 Å². The van der Waals surface area contributed by atoms with Gasteiger partial charge in [-0.2, -0.15) is 0 Å². The fourth-order valence-corrected chi connectivity index (χ4v) is 6.33. The van der Waals surface area contributed by atoms with Gasteiger partial charge in [0.05, 0.1) is 0 Å². The zero-order valence-electron chi connectivity index (χ0n) is 31.0. The van der Waals surface area contributed by atoms with Gasteiger partial charge in [0.15, 0.2) is 17.5 Å². The van der Waals surface area contributed by atoms with E-state index in [-0.39, 0.29) is 0 Å². The zero-order chi connectivity index (χ0) is 36.3. The Morgan fingerprint density at radius 3 is 2.15 bits per heavy atom. The number of allylic oxidation sites excluding steroid dienone is 14. The van der Waals surface area contributed by atoms with E-state index in [9.17, 15) is 0 Å². The van der Waals surface area contributed by atoms with Crippen LogP contribution in [-0.4, -0.2) is 15.0 Å². The second-order valence-corrected chi connectivity index (χ2v) is 13.1. The molecule has 0 saturated carbocycles. The molecule has 0 radical (unpaired) electrons. The molecule has 5 aromatic rings. The molecule has 1 aromatic heterocycles. The zero-order valence-corrected chi connectivity index (χ0v) is 31.0. The highest BCUT2D eigenvalue weighted by atomic mass is 15.0. The monoisotopic (exact) mass is 677 g/mol. The van der Waals surface area contributed by atoms with E-state index in [0.29, 0.717) is 17.5 Å². The number of aromatic nitrogens is 3. The lowest BCUT2D eigenvalue weighted by molar-refractivity contribution is 1.07. The van der Waals surface area contributed by atoms with Crippen LogP contribution in [0.3, 0.4) is 0 Å².